The SMILES string of the molecule is CC1(C)CC(C)(C)NC2CCCC2N1. The Balaban J connectivity index is 2.18. The van der Waals surface area contributed by atoms with Crippen molar-refractivity contribution in [2.75, 3.05) is 0 Å². The molecular formula is C12H24N2. The summed E-state index contributed by atoms with van der Waals surface area (Å²) in [6.45, 7) is 9.32. The Hall–Kier alpha value is -0.0800. The summed E-state index contributed by atoms with van der Waals surface area (Å²) in [5.41, 5.74) is 0.556. The van der Waals surface area contributed by atoms with E-state index in [1.807, 2.05) is 0 Å². The number of fused-ring (bicyclic) bond motifs is 1. The summed E-state index contributed by atoms with van der Waals surface area (Å²) in [5.74, 6) is 0. The van der Waals surface area contributed by atoms with Crippen LogP contribution in [0.4, 0.5) is 0 Å². The fourth-order valence-electron chi connectivity index (χ4n) is 3.52. The molecule has 0 bridgehead atoms. The van der Waals surface area contributed by atoms with Gasteiger partial charge in [-0.3, -0.25) is 0 Å². The minimum Gasteiger partial charge on any atom is -0.307 e. The summed E-state index contributed by atoms with van der Waals surface area (Å²) in [6, 6.07) is 1.40. The lowest BCUT2D eigenvalue weighted by Gasteiger charge is -2.33. The van der Waals surface area contributed by atoms with E-state index in [9.17, 15) is 0 Å². The molecule has 1 saturated heterocycles. The standard InChI is InChI=1S/C12H24N2/c1-11(2)8-12(3,4)14-10-7-5-6-9(10)13-11/h9-10,13-14H,5-8H2,1-4H3. The lowest BCUT2D eigenvalue weighted by atomic mass is 9.87. The molecule has 1 heterocycles. The van der Waals surface area contributed by atoms with Gasteiger partial charge in [0.1, 0.15) is 0 Å². The molecule has 2 aliphatic rings. The molecule has 0 amide bonds. The summed E-state index contributed by atoms with van der Waals surface area (Å²) in [7, 11) is 0. The van der Waals surface area contributed by atoms with Crippen LogP contribution in [0.1, 0.15) is 53.4 Å². The molecule has 2 fully saturated rings. The van der Waals surface area contributed by atoms with Crippen molar-refractivity contribution in [2.24, 2.45) is 0 Å². The number of nitrogens with one attached hydrogen (secondary N) is 2. The van der Waals surface area contributed by atoms with Gasteiger partial charge < -0.3 is 10.6 Å². The second kappa shape index (κ2) is 3.21. The van der Waals surface area contributed by atoms with Crippen molar-refractivity contribution in [3.8, 4) is 0 Å². The summed E-state index contributed by atoms with van der Waals surface area (Å²) in [5, 5.41) is 7.62. The Labute approximate surface area is 87.8 Å². The summed E-state index contributed by atoms with van der Waals surface area (Å²) in [6.07, 6.45) is 5.27. The molecule has 0 aromatic heterocycles. The first-order chi connectivity index (χ1) is 6.38. The van der Waals surface area contributed by atoms with E-state index in [4.69, 9.17) is 0 Å². The van der Waals surface area contributed by atoms with Gasteiger partial charge in [-0.2, -0.15) is 0 Å². The molecule has 82 valence electrons. The Morgan fingerprint density at radius 2 is 1.29 bits per heavy atom. The highest BCUT2D eigenvalue weighted by atomic mass is 15.1. The van der Waals surface area contributed by atoms with E-state index in [1.54, 1.807) is 0 Å². The average molecular weight is 196 g/mol. The zero-order valence-electron chi connectivity index (χ0n) is 9.98. The molecule has 0 radical (unpaired) electrons. The van der Waals surface area contributed by atoms with Gasteiger partial charge in [-0.05, 0) is 47.0 Å². The van der Waals surface area contributed by atoms with E-state index in [2.05, 4.69) is 38.3 Å². The molecule has 0 aromatic carbocycles. The molecule has 1 aliphatic heterocycles. The lowest BCUT2D eigenvalue weighted by molar-refractivity contribution is 0.280. The van der Waals surface area contributed by atoms with Crippen LogP contribution >= 0.6 is 0 Å². The van der Waals surface area contributed by atoms with Crippen LogP contribution in [0.5, 0.6) is 0 Å². The van der Waals surface area contributed by atoms with Crippen molar-refractivity contribution in [2.45, 2.75) is 76.5 Å². The van der Waals surface area contributed by atoms with Gasteiger partial charge in [-0.15, -0.1) is 0 Å². The van der Waals surface area contributed by atoms with E-state index >= 15 is 0 Å². The smallest absolute Gasteiger partial charge is 0.0226 e. The normalized spacial score (nSPS) is 40.3. The molecule has 0 aromatic rings. The molecule has 2 rings (SSSR count). The van der Waals surface area contributed by atoms with Crippen LogP contribution in [-0.4, -0.2) is 23.2 Å². The highest BCUT2D eigenvalue weighted by molar-refractivity contribution is 5.03. The van der Waals surface area contributed by atoms with E-state index in [0.717, 1.165) is 0 Å². The van der Waals surface area contributed by atoms with Gasteiger partial charge in [-0.1, -0.05) is 6.42 Å². The predicted molar refractivity (Wildman–Crippen MR) is 60.5 cm³/mol. The summed E-state index contributed by atoms with van der Waals surface area (Å²) in [4.78, 5) is 0. The van der Waals surface area contributed by atoms with Crippen LogP contribution in [0.25, 0.3) is 0 Å². The third-order valence-corrected chi connectivity index (χ3v) is 3.55. The van der Waals surface area contributed by atoms with Gasteiger partial charge in [0.15, 0.2) is 0 Å². The Morgan fingerprint density at radius 3 is 1.71 bits per heavy atom. The van der Waals surface area contributed by atoms with Gasteiger partial charge in [0.25, 0.3) is 0 Å². The fourth-order valence-corrected chi connectivity index (χ4v) is 3.52. The van der Waals surface area contributed by atoms with E-state index in [0.29, 0.717) is 12.1 Å². The van der Waals surface area contributed by atoms with Crippen LogP contribution in [0.2, 0.25) is 0 Å². The number of hydrogen-bond acceptors (Lipinski definition) is 2. The molecule has 2 nitrogen and oxygen atoms in total. The van der Waals surface area contributed by atoms with Crippen molar-refractivity contribution < 1.29 is 0 Å². The zero-order valence-corrected chi connectivity index (χ0v) is 9.98. The van der Waals surface area contributed by atoms with Gasteiger partial charge in [0, 0.05) is 23.2 Å². The van der Waals surface area contributed by atoms with Gasteiger partial charge >= 0.3 is 0 Å². The first kappa shape index (κ1) is 10.4. The fraction of sp³-hybridized carbons (Fsp3) is 1.00. The van der Waals surface area contributed by atoms with Crippen LogP contribution in [0.3, 0.4) is 0 Å². The third kappa shape index (κ3) is 2.12. The highest BCUT2D eigenvalue weighted by Crippen LogP contribution is 2.31. The molecule has 1 saturated carbocycles. The maximum atomic E-state index is 3.81. The topological polar surface area (TPSA) is 24.1 Å². The molecule has 0 spiro atoms. The molecule has 1 aliphatic carbocycles. The first-order valence-electron chi connectivity index (χ1n) is 5.93. The Morgan fingerprint density at radius 1 is 0.857 bits per heavy atom. The third-order valence-electron chi connectivity index (χ3n) is 3.55. The van der Waals surface area contributed by atoms with Crippen molar-refractivity contribution in [1.29, 1.82) is 0 Å². The monoisotopic (exact) mass is 196 g/mol. The van der Waals surface area contributed by atoms with Gasteiger partial charge in [0.2, 0.25) is 0 Å². The van der Waals surface area contributed by atoms with E-state index < -0.39 is 0 Å². The summed E-state index contributed by atoms with van der Waals surface area (Å²) >= 11 is 0. The quantitative estimate of drug-likeness (QED) is 0.619. The van der Waals surface area contributed by atoms with Crippen LogP contribution in [0.15, 0.2) is 0 Å². The largest absolute Gasteiger partial charge is 0.307 e. The maximum absolute atomic E-state index is 3.81. The van der Waals surface area contributed by atoms with Gasteiger partial charge in [0.05, 0.1) is 0 Å². The highest BCUT2D eigenvalue weighted by Gasteiger charge is 2.40. The van der Waals surface area contributed by atoms with Crippen LogP contribution < -0.4 is 10.6 Å². The van der Waals surface area contributed by atoms with Crippen molar-refractivity contribution in [3.05, 3.63) is 0 Å². The maximum Gasteiger partial charge on any atom is 0.0226 e. The second-order valence-electron chi connectivity index (χ2n) is 6.38. The number of rotatable bonds is 0. The predicted octanol–water partition coefficient (Wildman–Crippen LogP) is 2.05. The minimum absolute atomic E-state index is 0.278. The summed E-state index contributed by atoms with van der Waals surface area (Å²) < 4.78 is 0. The van der Waals surface area contributed by atoms with E-state index in [-0.39, 0.29) is 11.1 Å². The zero-order chi connectivity index (χ0) is 10.4. The number of hydrogen-bond donors (Lipinski definition) is 2. The van der Waals surface area contributed by atoms with Gasteiger partial charge in [-0.25, -0.2) is 0 Å². The second-order valence-corrected chi connectivity index (χ2v) is 6.38. The van der Waals surface area contributed by atoms with Crippen molar-refractivity contribution >= 4 is 0 Å². The van der Waals surface area contributed by atoms with Crippen molar-refractivity contribution in [1.82, 2.24) is 10.6 Å². The molecule has 2 heteroatoms. The Bertz CT molecular complexity index is 198. The molecule has 2 unspecified atom stereocenters. The van der Waals surface area contributed by atoms with Crippen LogP contribution in [-0.2, 0) is 0 Å². The average Bonchev–Trinajstić information content (AvgIpc) is 2.28. The minimum atomic E-state index is 0.278. The molecule has 14 heavy (non-hydrogen) atoms. The molecule has 2 N–H and O–H groups in total. The first-order valence-corrected chi connectivity index (χ1v) is 5.93. The van der Waals surface area contributed by atoms with Crippen LogP contribution in [0, 0.1) is 0 Å². The molecular weight excluding hydrogens is 172 g/mol. The van der Waals surface area contributed by atoms with E-state index in [1.165, 1.54) is 25.7 Å². The molecule has 2 atom stereocenters. The van der Waals surface area contributed by atoms with Crippen molar-refractivity contribution in [3.63, 3.8) is 0 Å². The lowest BCUT2D eigenvalue weighted by Crippen LogP contribution is -2.48. The Kier molecular flexibility index (Phi) is 2.39.